The molecule has 3 aromatic rings. The van der Waals surface area contributed by atoms with Gasteiger partial charge >= 0.3 is 12.1 Å². The number of nitrogens with one attached hydrogen (secondary N) is 1. The van der Waals surface area contributed by atoms with Crippen molar-refractivity contribution in [2.75, 3.05) is 11.4 Å². The summed E-state index contributed by atoms with van der Waals surface area (Å²) in [6.07, 6.45) is 1.77. The van der Waals surface area contributed by atoms with Crippen LogP contribution in [0.15, 0.2) is 71.9 Å². The Labute approximate surface area is 267 Å². The Morgan fingerprint density at radius 2 is 1.44 bits per heavy atom. The van der Waals surface area contributed by atoms with Crippen LogP contribution in [0, 0.1) is 5.41 Å². The van der Waals surface area contributed by atoms with E-state index in [0.717, 1.165) is 16.9 Å². The SMILES string of the molecule is CC(C)(C)Cc1ccc(CC(NS(=O)(=O)c2ccccn2)c2cccc(N(CC(=O)OC(C)(C)C)C(=O)OC(C)(C)C)n2)cc1. The summed E-state index contributed by atoms with van der Waals surface area (Å²) in [5.74, 6) is -0.543. The maximum absolute atomic E-state index is 13.4. The standard InChI is InChI=1S/C34H46N4O6S/c1-32(2,3)22-25-18-16-24(17-19-25)21-27(37-45(41,42)29-15-10-11-20-35-29)26-13-12-14-28(36-26)38(31(40)44-34(7,8)9)23-30(39)43-33(4,5)6/h10-20,27,37H,21-23H2,1-9H3. The second kappa shape index (κ2) is 14.1. The minimum atomic E-state index is -4.05. The molecule has 45 heavy (non-hydrogen) atoms. The molecule has 1 amide bonds. The Morgan fingerprint density at radius 3 is 2.00 bits per heavy atom. The van der Waals surface area contributed by atoms with Crippen molar-refractivity contribution in [3.05, 3.63) is 83.7 Å². The number of ether oxygens (including phenoxy) is 2. The molecular formula is C34H46N4O6S. The minimum absolute atomic E-state index is 0.107. The number of hydrogen-bond donors (Lipinski definition) is 1. The van der Waals surface area contributed by atoms with Gasteiger partial charge in [-0.2, -0.15) is 0 Å². The first-order valence-corrected chi connectivity index (χ1v) is 16.4. The van der Waals surface area contributed by atoms with Crippen LogP contribution in [0.2, 0.25) is 0 Å². The van der Waals surface area contributed by atoms with Gasteiger partial charge in [0.2, 0.25) is 0 Å². The normalized spacial score (nSPS) is 13.2. The molecule has 244 valence electrons. The monoisotopic (exact) mass is 638 g/mol. The van der Waals surface area contributed by atoms with Crippen molar-refractivity contribution in [2.24, 2.45) is 5.41 Å². The van der Waals surface area contributed by atoms with E-state index in [1.807, 2.05) is 24.3 Å². The number of rotatable bonds is 10. The quantitative estimate of drug-likeness (QED) is 0.252. The van der Waals surface area contributed by atoms with E-state index in [4.69, 9.17) is 9.47 Å². The molecule has 0 aliphatic rings. The predicted molar refractivity (Wildman–Crippen MR) is 174 cm³/mol. The molecule has 1 aromatic carbocycles. The van der Waals surface area contributed by atoms with Gasteiger partial charge in [0.05, 0.1) is 11.7 Å². The Bertz CT molecular complexity index is 1560. The molecule has 0 aliphatic heterocycles. The third-order valence-electron chi connectivity index (χ3n) is 6.12. The van der Waals surface area contributed by atoms with Crippen LogP contribution in [0.25, 0.3) is 0 Å². The van der Waals surface area contributed by atoms with Gasteiger partial charge in [0.15, 0.2) is 5.03 Å². The van der Waals surface area contributed by atoms with Crippen LogP contribution in [0.1, 0.15) is 85.2 Å². The molecule has 3 rings (SSSR count). The highest BCUT2D eigenvalue weighted by Crippen LogP contribution is 2.26. The lowest BCUT2D eigenvalue weighted by molar-refractivity contribution is -0.153. The first-order valence-electron chi connectivity index (χ1n) is 14.9. The molecule has 1 atom stereocenters. The number of carbonyl (C=O) groups is 2. The highest BCUT2D eigenvalue weighted by molar-refractivity contribution is 7.89. The first kappa shape index (κ1) is 35.6. The summed E-state index contributed by atoms with van der Waals surface area (Å²) in [5, 5.41) is -0.132. The van der Waals surface area contributed by atoms with Gasteiger partial charge in [-0.05, 0) is 95.2 Å². The van der Waals surface area contributed by atoms with Gasteiger partial charge in [0, 0.05) is 6.20 Å². The Balaban J connectivity index is 2.03. The van der Waals surface area contributed by atoms with Gasteiger partial charge in [-0.25, -0.2) is 27.9 Å². The van der Waals surface area contributed by atoms with Gasteiger partial charge < -0.3 is 9.47 Å². The first-order chi connectivity index (χ1) is 20.7. The fourth-order valence-corrected chi connectivity index (χ4v) is 5.60. The van der Waals surface area contributed by atoms with E-state index in [9.17, 15) is 18.0 Å². The van der Waals surface area contributed by atoms with Gasteiger partial charge in [-0.3, -0.25) is 9.69 Å². The van der Waals surface area contributed by atoms with Gasteiger partial charge in [-0.15, -0.1) is 0 Å². The highest BCUT2D eigenvalue weighted by atomic mass is 32.2. The number of aromatic nitrogens is 2. The van der Waals surface area contributed by atoms with Crippen LogP contribution in [0.5, 0.6) is 0 Å². The highest BCUT2D eigenvalue weighted by Gasteiger charge is 2.30. The van der Waals surface area contributed by atoms with Gasteiger partial charge in [-0.1, -0.05) is 57.2 Å². The van der Waals surface area contributed by atoms with Crippen LogP contribution in [0.4, 0.5) is 10.6 Å². The average Bonchev–Trinajstić information content (AvgIpc) is 2.90. The lowest BCUT2D eigenvalue weighted by atomic mass is 9.87. The van der Waals surface area contributed by atoms with Crippen molar-refractivity contribution >= 4 is 27.9 Å². The maximum atomic E-state index is 13.4. The van der Waals surface area contributed by atoms with E-state index >= 15 is 0 Å². The second-order valence-corrected chi connectivity index (χ2v) is 15.8. The van der Waals surface area contributed by atoms with Crippen molar-refractivity contribution in [3.8, 4) is 0 Å². The molecular weight excluding hydrogens is 592 g/mol. The molecule has 1 unspecified atom stereocenters. The Kier molecular flexibility index (Phi) is 11.2. The summed E-state index contributed by atoms with van der Waals surface area (Å²) >= 11 is 0. The van der Waals surface area contributed by atoms with E-state index < -0.39 is 45.9 Å². The predicted octanol–water partition coefficient (Wildman–Crippen LogP) is 6.41. The Morgan fingerprint density at radius 1 is 0.822 bits per heavy atom. The van der Waals surface area contributed by atoms with Crippen molar-refractivity contribution in [1.29, 1.82) is 0 Å². The largest absolute Gasteiger partial charge is 0.459 e. The van der Waals surface area contributed by atoms with Crippen LogP contribution < -0.4 is 9.62 Å². The zero-order chi connectivity index (χ0) is 33.6. The maximum Gasteiger partial charge on any atom is 0.416 e. The topological polar surface area (TPSA) is 128 Å². The van der Waals surface area contributed by atoms with Gasteiger partial charge in [0.25, 0.3) is 10.0 Å². The van der Waals surface area contributed by atoms with E-state index in [1.165, 1.54) is 17.8 Å². The second-order valence-electron chi connectivity index (χ2n) is 14.2. The zero-order valence-corrected chi connectivity index (χ0v) is 28.6. The molecule has 2 heterocycles. The van der Waals surface area contributed by atoms with Crippen molar-refractivity contribution in [1.82, 2.24) is 14.7 Å². The number of carbonyl (C=O) groups excluding carboxylic acids is 2. The molecule has 10 nitrogen and oxygen atoms in total. The van der Waals surface area contributed by atoms with E-state index in [2.05, 4.69) is 35.5 Å². The molecule has 2 aromatic heterocycles. The summed E-state index contributed by atoms with van der Waals surface area (Å²) < 4.78 is 40.7. The van der Waals surface area contributed by atoms with Crippen LogP contribution in [-0.4, -0.2) is 48.2 Å². The smallest absolute Gasteiger partial charge is 0.416 e. The van der Waals surface area contributed by atoms with E-state index in [1.54, 1.807) is 71.9 Å². The summed E-state index contributed by atoms with van der Waals surface area (Å²) in [7, 11) is -4.05. The fourth-order valence-electron chi connectivity index (χ4n) is 4.44. The molecule has 0 radical (unpaired) electrons. The average molecular weight is 639 g/mol. The third-order valence-corrected chi connectivity index (χ3v) is 7.51. The van der Waals surface area contributed by atoms with Crippen molar-refractivity contribution in [2.45, 2.75) is 97.4 Å². The molecule has 1 N–H and O–H groups in total. The van der Waals surface area contributed by atoms with Crippen LogP contribution in [0.3, 0.4) is 0 Å². The van der Waals surface area contributed by atoms with E-state index in [-0.39, 0.29) is 22.7 Å². The van der Waals surface area contributed by atoms with Gasteiger partial charge in [0.1, 0.15) is 23.6 Å². The number of anilines is 1. The van der Waals surface area contributed by atoms with Crippen molar-refractivity contribution < 1.29 is 27.5 Å². The molecule has 0 saturated heterocycles. The van der Waals surface area contributed by atoms with E-state index in [0.29, 0.717) is 5.69 Å². The lowest BCUT2D eigenvalue weighted by Crippen LogP contribution is -2.42. The third kappa shape index (κ3) is 11.9. The number of nitrogens with zero attached hydrogens (tertiary/aromatic N) is 3. The van der Waals surface area contributed by atoms with Crippen LogP contribution >= 0.6 is 0 Å². The molecule has 0 spiro atoms. The fraction of sp³-hybridized carbons (Fsp3) is 0.471. The lowest BCUT2D eigenvalue weighted by Gasteiger charge is -2.28. The molecule has 0 aliphatic carbocycles. The number of sulfonamides is 1. The summed E-state index contributed by atoms with van der Waals surface area (Å²) in [5.41, 5.74) is 0.887. The molecule has 0 bridgehead atoms. The summed E-state index contributed by atoms with van der Waals surface area (Å²) in [4.78, 5) is 35.9. The number of benzene rings is 1. The Hall–Kier alpha value is -3.83. The number of hydrogen-bond acceptors (Lipinski definition) is 8. The summed E-state index contributed by atoms with van der Waals surface area (Å²) in [6.45, 7) is 16.4. The van der Waals surface area contributed by atoms with Crippen molar-refractivity contribution in [3.63, 3.8) is 0 Å². The molecule has 11 heteroatoms. The molecule has 0 fully saturated rings. The zero-order valence-electron chi connectivity index (χ0n) is 27.7. The summed E-state index contributed by atoms with van der Waals surface area (Å²) in [6, 6.07) is 16.7. The molecule has 0 saturated carbocycles. The van der Waals surface area contributed by atoms with Crippen LogP contribution in [-0.2, 0) is 37.1 Å². The number of amides is 1. The number of esters is 1. The number of pyridine rings is 2. The minimum Gasteiger partial charge on any atom is -0.459 e.